The second kappa shape index (κ2) is 5.53. The fraction of sp³-hybridized carbons (Fsp3) is 0.375. The molecule has 0 saturated heterocycles. The molecule has 3 rings (SSSR count). The van der Waals surface area contributed by atoms with Gasteiger partial charge in [-0.15, -0.1) is 0 Å². The second-order valence-electron chi connectivity index (χ2n) is 5.44. The first-order valence-corrected chi connectivity index (χ1v) is 7.85. The van der Waals surface area contributed by atoms with Crippen molar-refractivity contribution in [3.63, 3.8) is 0 Å². The lowest BCUT2D eigenvalue weighted by molar-refractivity contribution is 0.679. The van der Waals surface area contributed by atoms with Crippen molar-refractivity contribution in [1.29, 1.82) is 5.26 Å². The van der Waals surface area contributed by atoms with E-state index in [1.54, 1.807) is 4.68 Å². The lowest BCUT2D eigenvalue weighted by Gasteiger charge is -2.16. The molecule has 1 aromatic heterocycles. The Hall–Kier alpha value is -1.80. The molecule has 5 heteroatoms. The van der Waals surface area contributed by atoms with Crippen LogP contribution in [0.4, 0.5) is 5.69 Å². The average molecular weight is 345 g/mol. The van der Waals surface area contributed by atoms with E-state index < -0.39 is 0 Å². The minimum absolute atomic E-state index is 0.293. The molecule has 1 N–H and O–H groups in total. The van der Waals surface area contributed by atoms with Gasteiger partial charge in [0.05, 0.1) is 29.2 Å². The third kappa shape index (κ3) is 2.56. The minimum Gasteiger partial charge on any atom is -0.375 e. The number of aromatic nitrogens is 2. The number of fused-ring (bicyclic) bond motifs is 1. The second-order valence-corrected chi connectivity index (χ2v) is 6.36. The summed E-state index contributed by atoms with van der Waals surface area (Å²) in [5, 5.41) is 16.9. The van der Waals surface area contributed by atoms with Crippen LogP contribution in [0.2, 0.25) is 0 Å². The van der Waals surface area contributed by atoms with Gasteiger partial charge in [-0.05, 0) is 49.9 Å². The number of nitriles is 1. The fourth-order valence-electron chi connectivity index (χ4n) is 3.02. The van der Waals surface area contributed by atoms with Crippen LogP contribution in [-0.2, 0) is 13.0 Å². The molecule has 1 aliphatic rings. The van der Waals surface area contributed by atoms with Crippen molar-refractivity contribution < 1.29 is 0 Å². The smallest absolute Gasteiger partial charge is 0.128 e. The van der Waals surface area contributed by atoms with Crippen molar-refractivity contribution in [2.45, 2.75) is 39.3 Å². The van der Waals surface area contributed by atoms with E-state index in [9.17, 15) is 0 Å². The van der Waals surface area contributed by atoms with Crippen molar-refractivity contribution in [2.75, 3.05) is 5.32 Å². The summed E-state index contributed by atoms with van der Waals surface area (Å²) >= 11 is 3.55. The van der Waals surface area contributed by atoms with E-state index in [1.807, 2.05) is 13.8 Å². The Bertz CT molecular complexity index is 727. The number of benzene rings is 1. The summed E-state index contributed by atoms with van der Waals surface area (Å²) in [5.74, 6) is 0. The number of anilines is 1. The molecule has 1 aromatic carbocycles. The minimum atomic E-state index is 0.293. The van der Waals surface area contributed by atoms with Crippen LogP contribution in [0, 0.1) is 25.2 Å². The molecule has 0 radical (unpaired) electrons. The summed E-state index contributed by atoms with van der Waals surface area (Å²) in [5.41, 5.74) is 5.80. The highest BCUT2D eigenvalue weighted by atomic mass is 79.9. The molecular formula is C16H17BrN4. The van der Waals surface area contributed by atoms with Crippen LogP contribution in [0.25, 0.3) is 0 Å². The van der Waals surface area contributed by atoms with Crippen LogP contribution in [0.15, 0.2) is 22.7 Å². The topological polar surface area (TPSA) is 53.6 Å². The van der Waals surface area contributed by atoms with E-state index in [1.165, 1.54) is 11.1 Å². The quantitative estimate of drug-likeness (QED) is 0.918. The molecule has 0 bridgehead atoms. The first-order valence-electron chi connectivity index (χ1n) is 7.06. The summed E-state index contributed by atoms with van der Waals surface area (Å²) in [7, 11) is 0. The van der Waals surface area contributed by atoms with Crippen LogP contribution in [0.3, 0.4) is 0 Å². The summed E-state index contributed by atoms with van der Waals surface area (Å²) in [6.45, 7) is 4.29. The third-order valence-electron chi connectivity index (χ3n) is 4.11. The number of hydrogen-bond acceptors (Lipinski definition) is 3. The number of hydrogen-bond donors (Lipinski definition) is 1. The monoisotopic (exact) mass is 344 g/mol. The largest absolute Gasteiger partial charge is 0.375 e. The standard InChI is InChI=1S/C16H17BrN4/c1-10-16(11(2)21(20-10)8-7-18)19-15-6-4-12-3-5-13(17)9-14(12)15/h3,5,9,15,19H,4,6,8H2,1-2H3. The normalized spacial score (nSPS) is 16.6. The van der Waals surface area contributed by atoms with Crippen molar-refractivity contribution in [3.8, 4) is 6.07 Å². The maximum Gasteiger partial charge on any atom is 0.128 e. The lowest BCUT2D eigenvalue weighted by Crippen LogP contribution is -2.09. The van der Waals surface area contributed by atoms with Crippen LogP contribution in [0.1, 0.15) is 35.0 Å². The SMILES string of the molecule is Cc1nn(CC#N)c(C)c1NC1CCc2ccc(Br)cc21. The van der Waals surface area contributed by atoms with Gasteiger partial charge in [-0.3, -0.25) is 4.68 Å². The maximum atomic E-state index is 8.85. The first-order chi connectivity index (χ1) is 10.1. The van der Waals surface area contributed by atoms with Crippen LogP contribution in [0.5, 0.6) is 0 Å². The van der Waals surface area contributed by atoms with Gasteiger partial charge in [-0.1, -0.05) is 22.0 Å². The first kappa shape index (κ1) is 14.2. The van der Waals surface area contributed by atoms with E-state index in [4.69, 9.17) is 5.26 Å². The van der Waals surface area contributed by atoms with Crippen molar-refractivity contribution in [1.82, 2.24) is 9.78 Å². The molecule has 1 aliphatic carbocycles. The summed E-state index contributed by atoms with van der Waals surface area (Å²) in [6.07, 6.45) is 2.19. The van der Waals surface area contributed by atoms with Crippen molar-refractivity contribution in [2.24, 2.45) is 0 Å². The summed E-state index contributed by atoms with van der Waals surface area (Å²) in [6, 6.07) is 8.96. The number of halogens is 1. The number of aryl methyl sites for hydroxylation is 2. The molecule has 0 spiro atoms. The van der Waals surface area contributed by atoms with Gasteiger partial charge in [-0.25, -0.2) is 0 Å². The highest BCUT2D eigenvalue weighted by Crippen LogP contribution is 2.36. The van der Waals surface area contributed by atoms with E-state index in [0.29, 0.717) is 12.6 Å². The van der Waals surface area contributed by atoms with E-state index in [-0.39, 0.29) is 0 Å². The highest BCUT2D eigenvalue weighted by Gasteiger charge is 2.24. The molecule has 4 nitrogen and oxygen atoms in total. The summed E-state index contributed by atoms with van der Waals surface area (Å²) in [4.78, 5) is 0. The Labute approximate surface area is 132 Å². The van der Waals surface area contributed by atoms with E-state index in [0.717, 1.165) is 34.4 Å². The molecule has 1 atom stereocenters. The van der Waals surface area contributed by atoms with Gasteiger partial charge < -0.3 is 5.32 Å². The zero-order valence-corrected chi connectivity index (χ0v) is 13.7. The Morgan fingerprint density at radius 3 is 3.05 bits per heavy atom. The van der Waals surface area contributed by atoms with Gasteiger partial charge in [-0.2, -0.15) is 10.4 Å². The Balaban J connectivity index is 1.90. The van der Waals surface area contributed by atoms with E-state index >= 15 is 0 Å². The molecule has 0 fully saturated rings. The predicted molar refractivity (Wildman–Crippen MR) is 86.1 cm³/mol. The van der Waals surface area contributed by atoms with Gasteiger partial charge in [0, 0.05) is 4.47 Å². The van der Waals surface area contributed by atoms with Crippen molar-refractivity contribution in [3.05, 3.63) is 45.2 Å². The third-order valence-corrected chi connectivity index (χ3v) is 4.60. The number of rotatable bonds is 3. The van der Waals surface area contributed by atoms with Crippen LogP contribution in [-0.4, -0.2) is 9.78 Å². The van der Waals surface area contributed by atoms with Crippen molar-refractivity contribution >= 4 is 21.6 Å². The molecule has 1 unspecified atom stereocenters. The molecule has 2 aromatic rings. The average Bonchev–Trinajstić information content (AvgIpc) is 2.96. The van der Waals surface area contributed by atoms with Crippen LogP contribution < -0.4 is 5.32 Å². The molecule has 21 heavy (non-hydrogen) atoms. The molecule has 0 amide bonds. The lowest BCUT2D eigenvalue weighted by atomic mass is 10.1. The van der Waals surface area contributed by atoms with Gasteiger partial charge in [0.2, 0.25) is 0 Å². The molecule has 108 valence electrons. The highest BCUT2D eigenvalue weighted by molar-refractivity contribution is 9.10. The van der Waals surface area contributed by atoms with E-state index in [2.05, 4.69) is 50.6 Å². The van der Waals surface area contributed by atoms with Gasteiger partial charge in [0.25, 0.3) is 0 Å². The van der Waals surface area contributed by atoms with Crippen LogP contribution >= 0.6 is 15.9 Å². The zero-order chi connectivity index (χ0) is 15.0. The predicted octanol–water partition coefficient (Wildman–Crippen LogP) is 3.89. The number of nitrogens with zero attached hydrogens (tertiary/aromatic N) is 3. The van der Waals surface area contributed by atoms with Gasteiger partial charge in [0.1, 0.15) is 6.54 Å². The fourth-order valence-corrected chi connectivity index (χ4v) is 3.40. The maximum absolute atomic E-state index is 8.85. The Morgan fingerprint density at radius 2 is 2.29 bits per heavy atom. The Morgan fingerprint density at radius 1 is 1.48 bits per heavy atom. The molecule has 0 saturated carbocycles. The molecular weight excluding hydrogens is 328 g/mol. The Kier molecular flexibility index (Phi) is 3.73. The number of nitrogens with one attached hydrogen (secondary N) is 1. The van der Waals surface area contributed by atoms with Gasteiger partial charge >= 0.3 is 0 Å². The molecule has 1 heterocycles. The van der Waals surface area contributed by atoms with Gasteiger partial charge in [0.15, 0.2) is 0 Å². The summed E-state index contributed by atoms with van der Waals surface area (Å²) < 4.78 is 2.87. The zero-order valence-electron chi connectivity index (χ0n) is 12.2. The molecule has 0 aliphatic heterocycles.